The van der Waals surface area contributed by atoms with E-state index in [0.717, 1.165) is 0 Å². The summed E-state index contributed by atoms with van der Waals surface area (Å²) in [6.45, 7) is 5.35. The Kier molecular flexibility index (Phi) is 5.55. The Labute approximate surface area is 118 Å². The predicted molar refractivity (Wildman–Crippen MR) is 75.6 cm³/mol. The second-order valence-electron chi connectivity index (χ2n) is 5.29. The Balaban J connectivity index is 2.56. The fraction of sp³-hybridized carbons (Fsp3) is 0.467. The summed E-state index contributed by atoms with van der Waals surface area (Å²) in [5.74, 6) is -0.664. The molecule has 0 heterocycles. The van der Waals surface area contributed by atoms with Crippen molar-refractivity contribution >= 4 is 11.9 Å². The molecule has 0 aliphatic heterocycles. The third-order valence-corrected chi connectivity index (χ3v) is 3.33. The lowest BCUT2D eigenvalue weighted by Gasteiger charge is -2.33. The molecule has 1 rings (SSSR count). The summed E-state index contributed by atoms with van der Waals surface area (Å²) in [5, 5.41) is 11.7. The van der Waals surface area contributed by atoms with Crippen LogP contribution in [0.3, 0.4) is 0 Å². The number of carboxylic acids is 1. The van der Waals surface area contributed by atoms with Crippen molar-refractivity contribution in [3.63, 3.8) is 0 Å². The van der Waals surface area contributed by atoms with Gasteiger partial charge < -0.3 is 15.2 Å². The van der Waals surface area contributed by atoms with Gasteiger partial charge in [-0.05, 0) is 25.0 Å². The van der Waals surface area contributed by atoms with Gasteiger partial charge in [0.2, 0.25) is 0 Å². The second-order valence-corrected chi connectivity index (χ2v) is 5.29. The van der Waals surface area contributed by atoms with Crippen molar-refractivity contribution in [2.75, 3.05) is 6.61 Å². The standard InChI is InChI=1S/C15H21NO4/c1-11(2)15(3,9-14(18)19)16-13(17)10-20-12-7-5-4-6-8-12/h4-8,11H,9-10H2,1-3H3,(H,16,17)(H,18,19). The fourth-order valence-corrected chi connectivity index (χ4v) is 1.73. The lowest BCUT2D eigenvalue weighted by Crippen LogP contribution is -2.52. The SMILES string of the molecule is CC(C)C(C)(CC(=O)O)NC(=O)COc1ccccc1. The topological polar surface area (TPSA) is 75.6 Å². The van der Waals surface area contributed by atoms with Gasteiger partial charge in [-0.25, -0.2) is 0 Å². The molecule has 110 valence electrons. The zero-order valence-electron chi connectivity index (χ0n) is 12.1. The molecule has 2 N–H and O–H groups in total. The number of carbonyl (C=O) groups is 2. The Bertz CT molecular complexity index is 458. The number of carbonyl (C=O) groups excluding carboxylic acids is 1. The lowest BCUT2D eigenvalue weighted by molar-refractivity contribution is -0.139. The number of rotatable bonds is 7. The van der Waals surface area contributed by atoms with Gasteiger partial charge in [-0.15, -0.1) is 0 Å². The average molecular weight is 279 g/mol. The molecule has 1 unspecified atom stereocenters. The molecule has 0 aromatic heterocycles. The zero-order valence-corrected chi connectivity index (χ0v) is 12.1. The molecule has 0 bridgehead atoms. The van der Waals surface area contributed by atoms with Crippen LogP contribution in [-0.4, -0.2) is 29.1 Å². The highest BCUT2D eigenvalue weighted by Gasteiger charge is 2.32. The molecule has 1 atom stereocenters. The first-order chi connectivity index (χ1) is 9.33. The quantitative estimate of drug-likeness (QED) is 0.801. The molecule has 0 spiro atoms. The second kappa shape index (κ2) is 6.93. The number of amides is 1. The summed E-state index contributed by atoms with van der Waals surface area (Å²) in [6, 6.07) is 9.00. The zero-order chi connectivity index (χ0) is 15.2. The number of hydrogen-bond acceptors (Lipinski definition) is 3. The van der Waals surface area contributed by atoms with Crippen molar-refractivity contribution in [3.8, 4) is 5.75 Å². The highest BCUT2D eigenvalue weighted by atomic mass is 16.5. The first-order valence-corrected chi connectivity index (χ1v) is 6.54. The van der Waals surface area contributed by atoms with Crippen LogP contribution in [0.2, 0.25) is 0 Å². The molecule has 0 aliphatic carbocycles. The maximum atomic E-state index is 11.9. The minimum absolute atomic E-state index is 0.000671. The Hall–Kier alpha value is -2.04. The average Bonchev–Trinajstić information content (AvgIpc) is 2.36. The van der Waals surface area contributed by atoms with E-state index < -0.39 is 11.5 Å². The minimum atomic E-state index is -0.939. The van der Waals surface area contributed by atoms with Crippen LogP contribution in [0, 0.1) is 5.92 Å². The number of nitrogens with one attached hydrogen (secondary N) is 1. The molecule has 1 aromatic rings. The number of aliphatic carboxylic acids is 1. The van der Waals surface area contributed by atoms with Crippen molar-refractivity contribution in [2.45, 2.75) is 32.7 Å². The van der Waals surface area contributed by atoms with E-state index in [1.165, 1.54) is 0 Å². The van der Waals surface area contributed by atoms with Gasteiger partial charge in [-0.2, -0.15) is 0 Å². The maximum Gasteiger partial charge on any atom is 0.305 e. The van der Waals surface area contributed by atoms with Crippen LogP contribution < -0.4 is 10.1 Å². The molecule has 0 radical (unpaired) electrons. The summed E-state index contributed by atoms with van der Waals surface area (Å²) in [7, 11) is 0. The maximum absolute atomic E-state index is 11.9. The van der Waals surface area contributed by atoms with E-state index >= 15 is 0 Å². The van der Waals surface area contributed by atoms with Gasteiger partial charge in [0.25, 0.3) is 5.91 Å². The molecule has 0 saturated heterocycles. The molecule has 5 nitrogen and oxygen atoms in total. The first kappa shape index (κ1) is 16.0. The van der Waals surface area contributed by atoms with E-state index in [0.29, 0.717) is 5.75 Å². The number of ether oxygens (including phenoxy) is 1. The molecular weight excluding hydrogens is 258 g/mol. The number of para-hydroxylation sites is 1. The summed E-state index contributed by atoms with van der Waals surface area (Å²) in [4.78, 5) is 22.8. The van der Waals surface area contributed by atoms with Crippen LogP contribution >= 0.6 is 0 Å². The number of benzene rings is 1. The van der Waals surface area contributed by atoms with Crippen LogP contribution in [0.15, 0.2) is 30.3 Å². The molecule has 0 fully saturated rings. The van der Waals surface area contributed by atoms with Crippen molar-refractivity contribution in [1.82, 2.24) is 5.32 Å². The number of carboxylic acid groups (broad SMARTS) is 1. The van der Waals surface area contributed by atoms with E-state index in [1.54, 1.807) is 19.1 Å². The van der Waals surface area contributed by atoms with Crippen molar-refractivity contribution in [1.29, 1.82) is 0 Å². The lowest BCUT2D eigenvalue weighted by atomic mass is 9.85. The summed E-state index contributed by atoms with van der Waals surface area (Å²) in [6.07, 6.45) is -0.123. The van der Waals surface area contributed by atoms with E-state index in [9.17, 15) is 9.59 Å². The van der Waals surface area contributed by atoms with E-state index in [4.69, 9.17) is 9.84 Å². The van der Waals surface area contributed by atoms with Crippen LogP contribution in [0.25, 0.3) is 0 Å². The third-order valence-electron chi connectivity index (χ3n) is 3.33. The number of hydrogen-bond donors (Lipinski definition) is 2. The largest absolute Gasteiger partial charge is 0.484 e. The van der Waals surface area contributed by atoms with Gasteiger partial charge in [0, 0.05) is 0 Å². The highest BCUT2D eigenvalue weighted by molar-refractivity contribution is 5.79. The Morgan fingerprint density at radius 1 is 1.30 bits per heavy atom. The van der Waals surface area contributed by atoms with Gasteiger partial charge >= 0.3 is 5.97 Å². The van der Waals surface area contributed by atoms with Gasteiger partial charge in [-0.1, -0.05) is 32.0 Å². The fourth-order valence-electron chi connectivity index (χ4n) is 1.73. The minimum Gasteiger partial charge on any atom is -0.484 e. The van der Waals surface area contributed by atoms with Gasteiger partial charge in [0.15, 0.2) is 6.61 Å². The van der Waals surface area contributed by atoms with Gasteiger partial charge in [-0.3, -0.25) is 9.59 Å². The monoisotopic (exact) mass is 279 g/mol. The normalized spacial score (nSPS) is 13.6. The van der Waals surface area contributed by atoms with Crippen LogP contribution in [0.1, 0.15) is 27.2 Å². The summed E-state index contributed by atoms with van der Waals surface area (Å²) < 4.78 is 5.34. The summed E-state index contributed by atoms with van der Waals surface area (Å²) in [5.41, 5.74) is -0.789. The molecule has 1 amide bonds. The smallest absolute Gasteiger partial charge is 0.305 e. The predicted octanol–water partition coefficient (Wildman–Crippen LogP) is 2.07. The van der Waals surface area contributed by atoms with Crippen LogP contribution in [0.5, 0.6) is 5.75 Å². The molecule has 1 aromatic carbocycles. The van der Waals surface area contributed by atoms with Crippen molar-refractivity contribution < 1.29 is 19.4 Å². The Morgan fingerprint density at radius 3 is 2.40 bits per heavy atom. The van der Waals surface area contributed by atoms with Crippen LogP contribution in [0.4, 0.5) is 0 Å². The third kappa shape index (κ3) is 4.91. The van der Waals surface area contributed by atoms with Crippen LogP contribution in [-0.2, 0) is 9.59 Å². The molecule has 0 aliphatic rings. The molecule has 5 heteroatoms. The summed E-state index contributed by atoms with van der Waals surface area (Å²) >= 11 is 0. The first-order valence-electron chi connectivity index (χ1n) is 6.54. The molecular formula is C15H21NO4. The van der Waals surface area contributed by atoms with E-state index in [-0.39, 0.29) is 24.9 Å². The molecule has 20 heavy (non-hydrogen) atoms. The molecule has 0 saturated carbocycles. The van der Waals surface area contributed by atoms with Gasteiger partial charge in [0.1, 0.15) is 5.75 Å². The Morgan fingerprint density at radius 2 is 1.90 bits per heavy atom. The van der Waals surface area contributed by atoms with Crippen molar-refractivity contribution in [3.05, 3.63) is 30.3 Å². The van der Waals surface area contributed by atoms with Gasteiger partial charge in [0.05, 0.1) is 12.0 Å². The van der Waals surface area contributed by atoms with Crippen molar-refractivity contribution in [2.24, 2.45) is 5.92 Å². The highest BCUT2D eigenvalue weighted by Crippen LogP contribution is 2.20. The van der Waals surface area contributed by atoms with E-state index in [1.807, 2.05) is 32.0 Å². The van der Waals surface area contributed by atoms with E-state index in [2.05, 4.69) is 5.32 Å².